The van der Waals surface area contributed by atoms with Crippen LogP contribution >= 0.6 is 11.6 Å². The van der Waals surface area contributed by atoms with Crippen molar-refractivity contribution in [1.29, 1.82) is 0 Å². The molecule has 180 valence electrons. The zero-order valence-corrected chi connectivity index (χ0v) is 19.7. The summed E-state index contributed by atoms with van der Waals surface area (Å²) >= 11 is 6.41. The van der Waals surface area contributed by atoms with Gasteiger partial charge in [-0.3, -0.25) is 14.4 Å². The van der Waals surface area contributed by atoms with E-state index in [9.17, 15) is 19.5 Å². The highest BCUT2D eigenvalue weighted by molar-refractivity contribution is 6.34. The van der Waals surface area contributed by atoms with Crippen molar-refractivity contribution in [1.82, 2.24) is 9.80 Å². The molecule has 1 aromatic rings. The first-order valence-electron chi connectivity index (χ1n) is 11.7. The minimum absolute atomic E-state index is 0.0266. The number of nitrogens with zero attached hydrogens (tertiary/aromatic N) is 3. The molecule has 0 aromatic heterocycles. The lowest BCUT2D eigenvalue weighted by molar-refractivity contribution is -0.144. The van der Waals surface area contributed by atoms with Crippen LogP contribution in [0.4, 0.5) is 5.69 Å². The molecule has 5 atom stereocenters. The summed E-state index contributed by atoms with van der Waals surface area (Å²) < 4.78 is 6.52. The maximum absolute atomic E-state index is 14.0. The van der Waals surface area contributed by atoms with Crippen molar-refractivity contribution in [3.8, 4) is 0 Å². The van der Waals surface area contributed by atoms with Crippen LogP contribution in [0.15, 0.2) is 48.6 Å². The number of amides is 3. The van der Waals surface area contributed by atoms with Gasteiger partial charge in [0.25, 0.3) is 5.91 Å². The molecule has 0 aliphatic carbocycles. The van der Waals surface area contributed by atoms with Gasteiger partial charge in [0.2, 0.25) is 11.8 Å². The van der Waals surface area contributed by atoms with Crippen LogP contribution < -0.4 is 4.90 Å². The smallest absolute Gasteiger partial charge is 0.253 e. The van der Waals surface area contributed by atoms with E-state index in [0.29, 0.717) is 23.8 Å². The van der Waals surface area contributed by atoms with E-state index in [1.54, 1.807) is 35.2 Å². The van der Waals surface area contributed by atoms with Crippen molar-refractivity contribution in [3.05, 3.63) is 53.6 Å². The number of hydrogen-bond acceptors (Lipinski definition) is 5. The van der Waals surface area contributed by atoms with E-state index in [-0.39, 0.29) is 37.4 Å². The Morgan fingerprint density at radius 3 is 2.62 bits per heavy atom. The minimum atomic E-state index is -1.30. The molecule has 2 saturated heterocycles. The van der Waals surface area contributed by atoms with Crippen LogP contribution in [-0.4, -0.2) is 83.2 Å². The van der Waals surface area contributed by atoms with Gasteiger partial charge in [0.15, 0.2) is 0 Å². The Labute approximate surface area is 203 Å². The van der Waals surface area contributed by atoms with Crippen molar-refractivity contribution in [2.75, 3.05) is 37.7 Å². The predicted octanol–water partition coefficient (Wildman–Crippen LogP) is 1.62. The summed E-state index contributed by atoms with van der Waals surface area (Å²) in [6.45, 7) is 2.97. The Kier molecular flexibility index (Phi) is 6.00. The lowest BCUT2D eigenvalue weighted by atomic mass is 9.77. The third-order valence-electron chi connectivity index (χ3n) is 7.22. The average Bonchev–Trinajstić information content (AvgIpc) is 3.13. The first-order chi connectivity index (χ1) is 16.4. The summed E-state index contributed by atoms with van der Waals surface area (Å²) in [5, 5.41) is 10.2. The van der Waals surface area contributed by atoms with Gasteiger partial charge in [-0.15, -0.1) is 0 Å². The molecule has 1 spiro atoms. The first kappa shape index (κ1) is 23.1. The quantitative estimate of drug-likeness (QED) is 0.640. The number of anilines is 1. The number of para-hydroxylation sites is 1. The molecular formula is C25H28ClN3O5. The number of carbonyl (C=O) groups is 3. The maximum atomic E-state index is 14.0. The van der Waals surface area contributed by atoms with Gasteiger partial charge in [0.05, 0.1) is 35.3 Å². The van der Waals surface area contributed by atoms with Crippen molar-refractivity contribution in [2.45, 2.75) is 31.1 Å². The van der Waals surface area contributed by atoms with E-state index in [1.165, 1.54) is 9.80 Å². The van der Waals surface area contributed by atoms with Gasteiger partial charge in [-0.05, 0) is 18.6 Å². The Hall–Kier alpha value is -2.68. The van der Waals surface area contributed by atoms with Crippen LogP contribution in [0.2, 0.25) is 5.02 Å². The summed E-state index contributed by atoms with van der Waals surface area (Å²) in [4.78, 5) is 46.1. The molecule has 8 nitrogen and oxygen atoms in total. The summed E-state index contributed by atoms with van der Waals surface area (Å²) in [6, 6.07) is 6.03. The fraction of sp³-hybridized carbons (Fsp3) is 0.480. The van der Waals surface area contributed by atoms with Gasteiger partial charge in [-0.25, -0.2) is 0 Å². The fourth-order valence-electron chi connectivity index (χ4n) is 5.89. The number of likely N-dealkylation sites (tertiary alicyclic amines) is 1. The number of benzene rings is 1. The molecule has 0 saturated carbocycles. The second kappa shape index (κ2) is 8.83. The number of fused-ring (bicyclic) bond motifs is 2. The SMILES string of the molecule is CCCN1CC=C[C@@H]2O[C@]34C=CCN(c5ccccc5Cl)C(=O)C3N(CCO)C(=O)[C@@H]4[C@@H]2C1=O. The summed E-state index contributed by atoms with van der Waals surface area (Å²) in [5.41, 5.74) is -0.766. The zero-order chi connectivity index (χ0) is 24.0. The lowest BCUT2D eigenvalue weighted by Gasteiger charge is -2.35. The molecular weight excluding hydrogens is 458 g/mol. The minimum Gasteiger partial charge on any atom is -0.395 e. The van der Waals surface area contributed by atoms with E-state index in [1.807, 2.05) is 25.2 Å². The highest BCUT2D eigenvalue weighted by Crippen LogP contribution is 2.53. The van der Waals surface area contributed by atoms with Crippen molar-refractivity contribution >= 4 is 35.0 Å². The number of β-amino-alcohol motifs (C(OH)–C–C–N with tert-alkyl or cyclic N) is 1. The van der Waals surface area contributed by atoms with Crippen molar-refractivity contribution < 1.29 is 24.2 Å². The molecule has 1 unspecified atom stereocenters. The Morgan fingerprint density at radius 1 is 1.09 bits per heavy atom. The Bertz CT molecular complexity index is 1070. The third-order valence-corrected chi connectivity index (χ3v) is 7.54. The summed E-state index contributed by atoms with van der Waals surface area (Å²) in [5.74, 6) is -2.40. The van der Waals surface area contributed by atoms with Crippen LogP contribution in [-0.2, 0) is 19.1 Å². The van der Waals surface area contributed by atoms with Gasteiger partial charge in [0, 0.05) is 26.2 Å². The Morgan fingerprint density at radius 2 is 1.88 bits per heavy atom. The molecule has 4 aliphatic heterocycles. The van der Waals surface area contributed by atoms with Gasteiger partial charge >= 0.3 is 0 Å². The summed E-state index contributed by atoms with van der Waals surface area (Å²) in [7, 11) is 0. The van der Waals surface area contributed by atoms with Gasteiger partial charge in [0.1, 0.15) is 11.6 Å². The fourth-order valence-corrected chi connectivity index (χ4v) is 6.13. The van der Waals surface area contributed by atoms with E-state index in [2.05, 4.69) is 0 Å². The number of hydrogen-bond donors (Lipinski definition) is 1. The highest BCUT2D eigenvalue weighted by Gasteiger charge is 2.71. The normalized spacial score (nSPS) is 32.6. The Balaban J connectivity index is 1.61. The van der Waals surface area contributed by atoms with Crippen LogP contribution in [0.3, 0.4) is 0 Å². The summed E-state index contributed by atoms with van der Waals surface area (Å²) in [6.07, 6.45) is 7.54. The monoisotopic (exact) mass is 485 g/mol. The molecule has 5 rings (SSSR count). The number of rotatable bonds is 5. The molecule has 4 heterocycles. The molecule has 3 amide bonds. The number of ether oxygens (including phenoxy) is 1. The predicted molar refractivity (Wildman–Crippen MR) is 126 cm³/mol. The van der Waals surface area contributed by atoms with E-state index in [0.717, 1.165) is 6.42 Å². The van der Waals surface area contributed by atoms with Crippen molar-refractivity contribution in [2.24, 2.45) is 11.8 Å². The van der Waals surface area contributed by atoms with Crippen LogP contribution in [0.5, 0.6) is 0 Å². The van der Waals surface area contributed by atoms with Crippen LogP contribution in [0, 0.1) is 11.8 Å². The van der Waals surface area contributed by atoms with E-state index >= 15 is 0 Å². The number of halogens is 1. The molecule has 0 radical (unpaired) electrons. The molecule has 2 fully saturated rings. The van der Waals surface area contributed by atoms with E-state index in [4.69, 9.17) is 16.3 Å². The molecule has 0 bridgehead atoms. The van der Waals surface area contributed by atoms with Gasteiger partial charge < -0.3 is 24.5 Å². The number of aliphatic hydroxyl groups is 1. The first-order valence-corrected chi connectivity index (χ1v) is 12.1. The average molecular weight is 486 g/mol. The molecule has 4 aliphatic rings. The van der Waals surface area contributed by atoms with Crippen molar-refractivity contribution in [3.63, 3.8) is 0 Å². The van der Waals surface area contributed by atoms with Gasteiger partial charge in [-0.1, -0.05) is 55.0 Å². The lowest BCUT2D eigenvalue weighted by Crippen LogP contribution is -2.55. The van der Waals surface area contributed by atoms with Crippen LogP contribution in [0.25, 0.3) is 0 Å². The molecule has 1 N–H and O–H groups in total. The second-order valence-electron chi connectivity index (χ2n) is 9.11. The van der Waals surface area contributed by atoms with Crippen LogP contribution in [0.1, 0.15) is 13.3 Å². The zero-order valence-electron chi connectivity index (χ0n) is 19.0. The largest absolute Gasteiger partial charge is 0.395 e. The second-order valence-corrected chi connectivity index (χ2v) is 9.52. The van der Waals surface area contributed by atoms with E-state index < -0.39 is 29.6 Å². The topological polar surface area (TPSA) is 90.4 Å². The standard InChI is InChI=1S/C25H28ClN3O5/c1-2-11-27-12-5-9-18-19(22(27)31)20-23(32)29(14-15-30)21-24(33)28(13-6-10-25(20,21)34-18)17-8-4-3-7-16(17)26/h3-10,18-21,30H,2,11-15H2,1H3/t18-,19+,20-,21?,25-/m0/s1. The number of carbonyl (C=O) groups excluding carboxylic acids is 3. The third kappa shape index (κ3) is 3.31. The molecule has 9 heteroatoms. The molecule has 34 heavy (non-hydrogen) atoms. The number of aliphatic hydroxyl groups excluding tert-OH is 1. The highest BCUT2D eigenvalue weighted by atomic mass is 35.5. The molecule has 1 aromatic carbocycles. The maximum Gasteiger partial charge on any atom is 0.253 e. The van der Waals surface area contributed by atoms with Gasteiger partial charge in [-0.2, -0.15) is 0 Å².